The fourth-order valence-electron chi connectivity index (χ4n) is 2.02. The molecule has 2 N–H and O–H groups in total. The van der Waals surface area contributed by atoms with Gasteiger partial charge in [-0.25, -0.2) is 0 Å². The van der Waals surface area contributed by atoms with Crippen LogP contribution in [0.25, 0.3) is 0 Å². The average Bonchev–Trinajstić information content (AvgIpc) is 2.61. The predicted molar refractivity (Wildman–Crippen MR) is 99.8 cm³/mol. The quantitative estimate of drug-likeness (QED) is 0.370. The van der Waals surface area contributed by atoms with Gasteiger partial charge in [0.25, 0.3) is 0 Å². The van der Waals surface area contributed by atoms with Crippen molar-refractivity contribution >= 4 is 17.9 Å². The first-order valence-corrected chi connectivity index (χ1v) is 8.90. The summed E-state index contributed by atoms with van der Waals surface area (Å²) in [4.78, 5) is 13.1. The summed E-state index contributed by atoms with van der Waals surface area (Å²) < 4.78 is 3.53. The van der Waals surface area contributed by atoms with Crippen molar-refractivity contribution in [2.45, 2.75) is 25.8 Å². The van der Waals surface area contributed by atoms with Crippen LogP contribution in [0, 0.1) is 0 Å². The molecule has 0 fully saturated rings. The molecule has 1 aromatic carbocycles. The molecule has 0 aliphatic carbocycles. The first-order chi connectivity index (χ1) is 11.2. The van der Waals surface area contributed by atoms with Crippen LogP contribution in [0.4, 0.5) is 0 Å². The second-order valence-corrected chi connectivity index (χ2v) is 5.97. The fourth-order valence-corrected chi connectivity index (χ4v) is 2.92. The zero-order chi connectivity index (χ0) is 16.9. The molecule has 0 saturated carbocycles. The van der Waals surface area contributed by atoms with Crippen LogP contribution in [0.5, 0.6) is 0 Å². The van der Waals surface area contributed by atoms with Gasteiger partial charge in [0.05, 0.1) is 0 Å². The van der Waals surface area contributed by atoms with E-state index in [-0.39, 0.29) is 5.91 Å². The van der Waals surface area contributed by atoms with E-state index < -0.39 is 0 Å². The number of likely N-dealkylation sites (N-methyl/N-ethyl adjacent to an activating group) is 1. The Morgan fingerprint density at radius 2 is 2.13 bits per heavy atom. The van der Waals surface area contributed by atoms with E-state index in [1.54, 1.807) is 31.4 Å². The van der Waals surface area contributed by atoms with Gasteiger partial charge in [-0.05, 0) is 24.6 Å². The Labute approximate surface area is 144 Å². The zero-order valence-electron chi connectivity index (χ0n) is 14.0. The summed E-state index contributed by atoms with van der Waals surface area (Å²) in [5.41, 5.74) is 1.32. The smallest absolute Gasteiger partial charge is 0.245 e. The fraction of sp³-hybridized carbons (Fsp3) is 0.389. The van der Waals surface area contributed by atoms with E-state index >= 15 is 0 Å². The van der Waals surface area contributed by atoms with Crippen LogP contribution in [0.15, 0.2) is 55.4 Å². The van der Waals surface area contributed by atoms with Gasteiger partial charge in [-0.15, -0.1) is 0 Å². The van der Waals surface area contributed by atoms with Crippen LogP contribution < -0.4 is 10.0 Å². The van der Waals surface area contributed by atoms with E-state index in [1.807, 2.05) is 11.0 Å². The van der Waals surface area contributed by atoms with Crippen LogP contribution >= 0.6 is 11.9 Å². The first-order valence-electron chi connectivity index (χ1n) is 7.91. The minimum atomic E-state index is -0.110. The van der Waals surface area contributed by atoms with Gasteiger partial charge >= 0.3 is 0 Å². The molecule has 1 unspecified atom stereocenters. The molecule has 5 heteroatoms. The van der Waals surface area contributed by atoms with Gasteiger partial charge in [0, 0.05) is 37.7 Å². The van der Waals surface area contributed by atoms with Crippen molar-refractivity contribution in [1.29, 1.82) is 0 Å². The minimum Gasteiger partial charge on any atom is -0.356 e. The highest BCUT2D eigenvalue weighted by molar-refractivity contribution is 7.97. The Kier molecular flexibility index (Phi) is 9.91. The van der Waals surface area contributed by atoms with Gasteiger partial charge in [0.2, 0.25) is 5.91 Å². The number of carbonyl (C=O) groups is 1. The van der Waals surface area contributed by atoms with Crippen molar-refractivity contribution < 1.29 is 4.79 Å². The monoisotopic (exact) mass is 333 g/mol. The molecule has 23 heavy (non-hydrogen) atoms. The summed E-state index contributed by atoms with van der Waals surface area (Å²) in [7, 11) is 1.62. The predicted octanol–water partition coefficient (Wildman–Crippen LogP) is 3.47. The average molecular weight is 334 g/mol. The number of hydrogen-bond acceptors (Lipinski definition) is 4. The van der Waals surface area contributed by atoms with E-state index in [2.05, 4.69) is 47.8 Å². The molecule has 1 aromatic rings. The lowest BCUT2D eigenvalue weighted by atomic mass is 10.1. The van der Waals surface area contributed by atoms with Crippen molar-refractivity contribution in [3.8, 4) is 0 Å². The maximum absolute atomic E-state index is 11.2. The molecule has 126 valence electrons. The number of benzene rings is 1. The van der Waals surface area contributed by atoms with Gasteiger partial charge in [-0.2, -0.15) is 0 Å². The highest BCUT2D eigenvalue weighted by Crippen LogP contribution is 2.19. The Balaban J connectivity index is 2.26. The van der Waals surface area contributed by atoms with E-state index in [1.165, 1.54) is 11.6 Å². The van der Waals surface area contributed by atoms with Gasteiger partial charge in [0.1, 0.15) is 0 Å². The summed E-state index contributed by atoms with van der Waals surface area (Å²) in [5, 5.41) is 2.55. The van der Waals surface area contributed by atoms with Crippen molar-refractivity contribution in [3.05, 3.63) is 61.0 Å². The molecule has 0 aliphatic rings. The van der Waals surface area contributed by atoms with Gasteiger partial charge in [0.15, 0.2) is 0 Å². The molecule has 1 amide bonds. The summed E-state index contributed by atoms with van der Waals surface area (Å²) >= 11 is 1.75. The summed E-state index contributed by atoms with van der Waals surface area (Å²) in [5.74, 6) is 0.892. The van der Waals surface area contributed by atoms with Crippen LogP contribution in [0.3, 0.4) is 0 Å². The number of nitrogens with one attached hydrogen (secondary N) is 2. The minimum absolute atomic E-state index is 0.110. The number of nitrogens with zero attached hydrogens (tertiary/aromatic N) is 1. The molecule has 0 aromatic heterocycles. The number of hydrogen-bond donors (Lipinski definition) is 2. The van der Waals surface area contributed by atoms with E-state index in [9.17, 15) is 4.79 Å². The van der Waals surface area contributed by atoms with Crippen LogP contribution in [-0.2, 0) is 4.79 Å². The Morgan fingerprint density at radius 1 is 1.39 bits per heavy atom. The van der Waals surface area contributed by atoms with Gasteiger partial charge in [-0.3, -0.25) is 9.52 Å². The van der Waals surface area contributed by atoms with Crippen LogP contribution in [0.2, 0.25) is 0 Å². The summed E-state index contributed by atoms with van der Waals surface area (Å²) in [6, 6.07) is 10.9. The topological polar surface area (TPSA) is 44.4 Å². The Morgan fingerprint density at radius 3 is 2.74 bits per heavy atom. The first kappa shape index (κ1) is 19.3. The lowest BCUT2D eigenvalue weighted by Crippen LogP contribution is -2.18. The highest BCUT2D eigenvalue weighted by atomic mass is 32.2. The molecular weight excluding hydrogens is 306 g/mol. The van der Waals surface area contributed by atoms with E-state index in [0.717, 1.165) is 25.1 Å². The molecule has 0 spiro atoms. The van der Waals surface area contributed by atoms with Crippen molar-refractivity contribution in [2.24, 2.45) is 0 Å². The maximum Gasteiger partial charge on any atom is 0.245 e. The molecule has 0 heterocycles. The lowest BCUT2D eigenvalue weighted by molar-refractivity contribution is -0.116. The summed E-state index contributed by atoms with van der Waals surface area (Å²) in [6.45, 7) is 6.80. The third kappa shape index (κ3) is 7.90. The van der Waals surface area contributed by atoms with E-state index in [4.69, 9.17) is 0 Å². The number of rotatable bonds is 11. The summed E-state index contributed by atoms with van der Waals surface area (Å²) in [6.07, 6.45) is 7.06. The number of amides is 1. The normalized spacial score (nSPS) is 12.1. The van der Waals surface area contributed by atoms with Crippen molar-refractivity contribution in [3.63, 3.8) is 0 Å². The standard InChI is InChI=1S/C18H27N3OS/c1-4-17(16-10-7-6-8-11-16)20-23-15-9-13-21(5-2)14-12-18(22)19-3/h5-8,10-12,14,17,20H,2,4,9,13,15H2,1,3H3,(H,19,22)/b14-12-. The second kappa shape index (κ2) is 11.8. The molecule has 1 atom stereocenters. The molecule has 1 rings (SSSR count). The van der Waals surface area contributed by atoms with Gasteiger partial charge in [-0.1, -0.05) is 55.8 Å². The van der Waals surface area contributed by atoms with Gasteiger partial charge < -0.3 is 10.2 Å². The molecule has 0 aliphatic heterocycles. The third-order valence-electron chi connectivity index (χ3n) is 3.40. The van der Waals surface area contributed by atoms with E-state index in [0.29, 0.717) is 6.04 Å². The zero-order valence-corrected chi connectivity index (χ0v) is 14.8. The highest BCUT2D eigenvalue weighted by Gasteiger charge is 2.07. The Hall–Kier alpha value is -1.72. The SMILES string of the molecule is C=CN(/C=C\C(=O)NC)CCCSNC(CC)c1ccccc1. The largest absolute Gasteiger partial charge is 0.356 e. The third-order valence-corrected chi connectivity index (χ3v) is 4.34. The number of carbonyl (C=O) groups excluding carboxylic acids is 1. The van der Waals surface area contributed by atoms with Crippen molar-refractivity contribution in [2.75, 3.05) is 19.3 Å². The lowest BCUT2D eigenvalue weighted by Gasteiger charge is -2.18. The molecule has 0 saturated heterocycles. The molecule has 4 nitrogen and oxygen atoms in total. The molecule has 0 radical (unpaired) electrons. The Bertz CT molecular complexity index is 490. The second-order valence-electron chi connectivity index (χ2n) is 5.04. The van der Waals surface area contributed by atoms with Crippen LogP contribution in [-0.4, -0.2) is 30.2 Å². The van der Waals surface area contributed by atoms with Crippen molar-refractivity contribution in [1.82, 2.24) is 14.9 Å². The maximum atomic E-state index is 11.2. The van der Waals surface area contributed by atoms with Crippen LogP contribution in [0.1, 0.15) is 31.4 Å². The molecule has 0 bridgehead atoms. The molecular formula is C18H27N3OS.